The van der Waals surface area contributed by atoms with E-state index in [1.54, 1.807) is 17.6 Å². The Morgan fingerprint density at radius 3 is 2.84 bits per heavy atom. The summed E-state index contributed by atoms with van der Waals surface area (Å²) in [6.07, 6.45) is 3.98. The van der Waals surface area contributed by atoms with Gasteiger partial charge in [-0.15, -0.1) is 11.3 Å². The number of furan rings is 1. The molecular weight excluding hydrogens is 282 g/mol. The molecule has 4 nitrogen and oxygen atoms in total. The van der Waals surface area contributed by atoms with E-state index >= 15 is 0 Å². The van der Waals surface area contributed by atoms with E-state index in [-0.39, 0.29) is 5.25 Å². The maximum atomic E-state index is 11.7. The van der Waals surface area contributed by atoms with Crippen molar-refractivity contribution in [2.75, 3.05) is 6.54 Å². The van der Waals surface area contributed by atoms with E-state index in [2.05, 4.69) is 4.72 Å². The standard InChI is InChI=1S/C13H15NO3S2/c15-19(16,11-4-5-11)14-8-7-10-3-6-13(18-10)12-2-1-9-17-12/h1-3,6,9,11,14H,4-5,7-8H2. The van der Waals surface area contributed by atoms with Crippen LogP contribution in [0.1, 0.15) is 17.7 Å². The first-order valence-electron chi connectivity index (χ1n) is 6.26. The van der Waals surface area contributed by atoms with Gasteiger partial charge in [0.05, 0.1) is 16.4 Å². The molecule has 1 fully saturated rings. The van der Waals surface area contributed by atoms with Crippen molar-refractivity contribution in [1.29, 1.82) is 0 Å². The monoisotopic (exact) mass is 297 g/mol. The lowest BCUT2D eigenvalue weighted by atomic mass is 10.3. The quantitative estimate of drug-likeness (QED) is 0.891. The lowest BCUT2D eigenvalue weighted by Gasteiger charge is -2.03. The summed E-state index contributed by atoms with van der Waals surface area (Å²) in [7, 11) is -3.06. The highest BCUT2D eigenvalue weighted by Crippen LogP contribution is 2.29. The van der Waals surface area contributed by atoms with Gasteiger partial charge in [0.2, 0.25) is 10.0 Å². The Morgan fingerprint density at radius 1 is 1.32 bits per heavy atom. The summed E-state index contributed by atoms with van der Waals surface area (Å²) in [6, 6.07) is 7.81. The van der Waals surface area contributed by atoms with Crippen molar-refractivity contribution in [3.63, 3.8) is 0 Å². The minimum atomic E-state index is -3.06. The van der Waals surface area contributed by atoms with Crippen LogP contribution in [0.2, 0.25) is 0 Å². The zero-order valence-corrected chi connectivity index (χ0v) is 12.0. The Labute approximate surface area is 116 Å². The van der Waals surface area contributed by atoms with E-state index in [1.807, 2.05) is 24.3 Å². The molecule has 0 saturated heterocycles. The summed E-state index contributed by atoms with van der Waals surface area (Å²) < 4.78 is 31.3. The maximum Gasteiger partial charge on any atom is 0.214 e. The average molecular weight is 297 g/mol. The molecule has 1 aliphatic rings. The maximum absolute atomic E-state index is 11.7. The SMILES string of the molecule is O=S(=O)(NCCc1ccc(-c2ccco2)s1)C1CC1. The molecule has 102 valence electrons. The number of rotatable bonds is 6. The largest absolute Gasteiger partial charge is 0.464 e. The van der Waals surface area contributed by atoms with E-state index in [9.17, 15) is 8.42 Å². The Hall–Kier alpha value is -1.11. The molecule has 2 aromatic heterocycles. The summed E-state index contributed by atoms with van der Waals surface area (Å²) in [5.74, 6) is 0.856. The van der Waals surface area contributed by atoms with Crippen molar-refractivity contribution in [2.45, 2.75) is 24.5 Å². The van der Waals surface area contributed by atoms with E-state index < -0.39 is 10.0 Å². The second kappa shape index (κ2) is 5.11. The lowest BCUT2D eigenvalue weighted by molar-refractivity contribution is 0.580. The first-order valence-corrected chi connectivity index (χ1v) is 8.62. The van der Waals surface area contributed by atoms with Gasteiger partial charge in [-0.2, -0.15) is 0 Å². The summed E-state index contributed by atoms with van der Waals surface area (Å²) >= 11 is 1.64. The second-order valence-corrected chi connectivity index (χ2v) is 7.85. The number of hydrogen-bond donors (Lipinski definition) is 1. The Bertz CT molecular complexity index is 639. The number of hydrogen-bond acceptors (Lipinski definition) is 4. The van der Waals surface area contributed by atoms with Crippen LogP contribution in [0.5, 0.6) is 0 Å². The molecule has 2 aromatic rings. The third kappa shape index (κ3) is 3.08. The topological polar surface area (TPSA) is 59.3 Å². The third-order valence-corrected chi connectivity index (χ3v) is 6.18. The molecule has 0 aromatic carbocycles. The minimum absolute atomic E-state index is 0.144. The number of thiophene rings is 1. The van der Waals surface area contributed by atoms with E-state index in [4.69, 9.17) is 4.42 Å². The molecule has 0 amide bonds. The lowest BCUT2D eigenvalue weighted by Crippen LogP contribution is -2.28. The molecule has 0 bridgehead atoms. The molecule has 1 saturated carbocycles. The summed E-state index contributed by atoms with van der Waals surface area (Å²) in [5, 5.41) is -0.144. The number of sulfonamides is 1. The van der Waals surface area contributed by atoms with Gasteiger partial charge in [-0.1, -0.05) is 0 Å². The van der Waals surface area contributed by atoms with Gasteiger partial charge in [0.1, 0.15) is 5.76 Å². The van der Waals surface area contributed by atoms with Crippen molar-refractivity contribution in [3.05, 3.63) is 35.4 Å². The van der Waals surface area contributed by atoms with E-state index in [1.165, 1.54) is 0 Å². The van der Waals surface area contributed by atoms with Gasteiger partial charge in [-0.25, -0.2) is 13.1 Å². The molecule has 1 aliphatic carbocycles. The van der Waals surface area contributed by atoms with Crippen molar-refractivity contribution < 1.29 is 12.8 Å². The number of nitrogens with one attached hydrogen (secondary N) is 1. The summed E-state index contributed by atoms with van der Waals surface area (Å²) in [6.45, 7) is 0.469. The van der Waals surface area contributed by atoms with Crippen LogP contribution >= 0.6 is 11.3 Å². The van der Waals surface area contributed by atoms with Gasteiger partial charge in [0, 0.05) is 11.4 Å². The van der Waals surface area contributed by atoms with Crippen LogP contribution in [0.15, 0.2) is 34.9 Å². The van der Waals surface area contributed by atoms with Crippen LogP contribution in [0.4, 0.5) is 0 Å². The normalized spacial score (nSPS) is 15.8. The Balaban J connectivity index is 1.56. The first-order chi connectivity index (χ1) is 9.15. The van der Waals surface area contributed by atoms with Gasteiger partial charge in [-0.3, -0.25) is 0 Å². The van der Waals surface area contributed by atoms with Gasteiger partial charge in [-0.05, 0) is 43.5 Å². The van der Waals surface area contributed by atoms with Crippen molar-refractivity contribution in [2.24, 2.45) is 0 Å². The second-order valence-electron chi connectivity index (χ2n) is 4.63. The third-order valence-electron chi connectivity index (χ3n) is 3.06. The van der Waals surface area contributed by atoms with Crippen LogP contribution in [-0.4, -0.2) is 20.2 Å². The molecule has 3 rings (SSSR count). The predicted octanol–water partition coefficient (Wildman–Crippen LogP) is 2.63. The van der Waals surface area contributed by atoms with Crippen LogP contribution < -0.4 is 4.72 Å². The molecule has 6 heteroatoms. The molecule has 0 aliphatic heterocycles. The van der Waals surface area contributed by atoms with Crippen LogP contribution in [0.25, 0.3) is 10.6 Å². The Morgan fingerprint density at radius 2 is 2.16 bits per heavy atom. The molecule has 0 unspecified atom stereocenters. The highest BCUT2D eigenvalue weighted by molar-refractivity contribution is 7.90. The first kappa shape index (κ1) is 12.9. The fraction of sp³-hybridized carbons (Fsp3) is 0.385. The molecule has 19 heavy (non-hydrogen) atoms. The van der Waals surface area contributed by atoms with Gasteiger partial charge in [0.15, 0.2) is 0 Å². The van der Waals surface area contributed by atoms with Gasteiger partial charge in [0.25, 0.3) is 0 Å². The van der Waals surface area contributed by atoms with E-state index in [0.717, 1.165) is 34.8 Å². The average Bonchev–Trinajstić information content (AvgIpc) is 2.92. The fourth-order valence-electron chi connectivity index (χ4n) is 1.88. The van der Waals surface area contributed by atoms with E-state index in [0.29, 0.717) is 6.54 Å². The minimum Gasteiger partial charge on any atom is -0.464 e. The Kier molecular flexibility index (Phi) is 3.47. The smallest absolute Gasteiger partial charge is 0.214 e. The molecule has 0 radical (unpaired) electrons. The highest BCUT2D eigenvalue weighted by Gasteiger charge is 2.35. The van der Waals surface area contributed by atoms with Crippen molar-refractivity contribution in [1.82, 2.24) is 4.72 Å². The van der Waals surface area contributed by atoms with Crippen LogP contribution in [-0.2, 0) is 16.4 Å². The highest BCUT2D eigenvalue weighted by atomic mass is 32.2. The van der Waals surface area contributed by atoms with Gasteiger partial charge < -0.3 is 4.42 Å². The predicted molar refractivity (Wildman–Crippen MR) is 75.7 cm³/mol. The molecule has 2 heterocycles. The molecular formula is C13H15NO3S2. The zero-order valence-electron chi connectivity index (χ0n) is 10.3. The fourth-order valence-corrected chi connectivity index (χ4v) is 4.23. The summed E-state index contributed by atoms with van der Waals surface area (Å²) in [4.78, 5) is 2.23. The molecule has 0 spiro atoms. The zero-order chi connectivity index (χ0) is 13.3. The molecule has 1 N–H and O–H groups in total. The summed E-state index contributed by atoms with van der Waals surface area (Å²) in [5.41, 5.74) is 0. The van der Waals surface area contributed by atoms with Crippen molar-refractivity contribution in [3.8, 4) is 10.6 Å². The molecule has 0 atom stereocenters. The van der Waals surface area contributed by atoms with Gasteiger partial charge >= 0.3 is 0 Å². The van der Waals surface area contributed by atoms with Crippen molar-refractivity contribution >= 4 is 21.4 Å². The van der Waals surface area contributed by atoms with Crippen LogP contribution in [0, 0.1) is 0 Å². The van der Waals surface area contributed by atoms with Crippen LogP contribution in [0.3, 0.4) is 0 Å².